The Kier molecular flexibility index (Phi) is 5.65. The topological polar surface area (TPSA) is 58.2 Å². The molecule has 0 spiro atoms. The van der Waals surface area contributed by atoms with Gasteiger partial charge in [-0.1, -0.05) is 38.3 Å². The van der Waals surface area contributed by atoms with Crippen molar-refractivity contribution in [3.8, 4) is 0 Å². The van der Waals surface area contributed by atoms with Gasteiger partial charge in [-0.25, -0.2) is 13.1 Å². The van der Waals surface area contributed by atoms with Crippen LogP contribution in [0.5, 0.6) is 0 Å². The van der Waals surface area contributed by atoms with Gasteiger partial charge in [0.15, 0.2) is 0 Å². The summed E-state index contributed by atoms with van der Waals surface area (Å²) in [5.74, 6) is 0.647. The average Bonchev–Trinajstić information content (AvgIpc) is 2.53. The van der Waals surface area contributed by atoms with Crippen LogP contribution in [0.15, 0.2) is 29.2 Å². The zero-order valence-corrected chi connectivity index (χ0v) is 13.7. The van der Waals surface area contributed by atoms with Gasteiger partial charge < -0.3 is 5.32 Å². The molecule has 0 amide bonds. The lowest BCUT2D eigenvalue weighted by Gasteiger charge is -2.31. The van der Waals surface area contributed by atoms with E-state index in [1.807, 2.05) is 12.1 Å². The lowest BCUT2D eigenvalue weighted by atomic mass is 9.83. The number of sulfonamides is 1. The van der Waals surface area contributed by atoms with Gasteiger partial charge in [0.2, 0.25) is 10.0 Å². The molecule has 0 radical (unpaired) electrons. The van der Waals surface area contributed by atoms with Gasteiger partial charge in [0.25, 0.3) is 0 Å². The summed E-state index contributed by atoms with van der Waals surface area (Å²) in [7, 11) is -1.98. The maximum Gasteiger partial charge on any atom is 0.242 e. The molecule has 0 aromatic heterocycles. The van der Waals surface area contributed by atoms with Crippen molar-refractivity contribution in [2.45, 2.75) is 56.4 Å². The molecule has 21 heavy (non-hydrogen) atoms. The molecular formula is C16H26N2O2S. The Morgan fingerprint density at radius 3 is 2.48 bits per heavy atom. The molecule has 0 heterocycles. The maximum atomic E-state index is 12.1. The van der Waals surface area contributed by atoms with E-state index in [0.717, 1.165) is 6.42 Å². The second-order valence-corrected chi connectivity index (χ2v) is 7.62. The van der Waals surface area contributed by atoms with Crippen LogP contribution < -0.4 is 10.0 Å². The summed E-state index contributed by atoms with van der Waals surface area (Å²) in [6.45, 7) is 2.17. The Hall–Kier alpha value is -1.07. The molecular weight excluding hydrogens is 284 g/mol. The molecule has 1 atom stereocenters. The Morgan fingerprint density at radius 1 is 1.19 bits per heavy atom. The van der Waals surface area contributed by atoms with Crippen LogP contribution in [-0.4, -0.2) is 21.5 Å². The van der Waals surface area contributed by atoms with Crippen molar-refractivity contribution in [1.82, 2.24) is 4.72 Å². The highest BCUT2D eigenvalue weighted by Gasteiger charge is 2.24. The molecule has 1 aromatic carbocycles. The highest BCUT2D eigenvalue weighted by molar-refractivity contribution is 7.89. The van der Waals surface area contributed by atoms with Crippen LogP contribution in [0.4, 0.5) is 5.69 Å². The maximum absolute atomic E-state index is 12.1. The minimum absolute atomic E-state index is 0.335. The number of rotatable bonds is 6. The summed E-state index contributed by atoms with van der Waals surface area (Å²) >= 11 is 0. The summed E-state index contributed by atoms with van der Waals surface area (Å²) < 4.78 is 26.6. The minimum Gasteiger partial charge on any atom is -0.381 e. The lowest BCUT2D eigenvalue weighted by Crippen LogP contribution is -2.31. The molecule has 1 aromatic rings. The van der Waals surface area contributed by atoms with Gasteiger partial charge in [0, 0.05) is 6.04 Å². The lowest BCUT2D eigenvalue weighted by molar-refractivity contribution is 0.313. The first-order chi connectivity index (χ1) is 10.1. The van der Waals surface area contributed by atoms with Crippen LogP contribution in [0.3, 0.4) is 0 Å². The summed E-state index contributed by atoms with van der Waals surface area (Å²) in [5.41, 5.74) is 0.712. The third-order valence-electron chi connectivity index (χ3n) is 4.44. The van der Waals surface area contributed by atoms with Gasteiger partial charge in [-0.3, -0.25) is 0 Å². The molecule has 118 valence electrons. The van der Waals surface area contributed by atoms with E-state index in [1.165, 1.54) is 39.2 Å². The normalized spacial score (nSPS) is 18.4. The number of para-hydroxylation sites is 1. The van der Waals surface area contributed by atoms with Crippen LogP contribution in [0.2, 0.25) is 0 Å². The minimum atomic E-state index is -3.43. The molecule has 0 bridgehead atoms. The first kappa shape index (κ1) is 16.3. The van der Waals surface area contributed by atoms with Crippen LogP contribution in [0, 0.1) is 5.92 Å². The van der Waals surface area contributed by atoms with E-state index in [4.69, 9.17) is 0 Å². The zero-order chi connectivity index (χ0) is 15.3. The van der Waals surface area contributed by atoms with E-state index >= 15 is 0 Å². The van der Waals surface area contributed by atoms with Crippen molar-refractivity contribution in [3.63, 3.8) is 0 Å². The van der Waals surface area contributed by atoms with E-state index in [-0.39, 0.29) is 0 Å². The van der Waals surface area contributed by atoms with Crippen molar-refractivity contribution in [2.75, 3.05) is 12.4 Å². The fourth-order valence-electron chi connectivity index (χ4n) is 3.22. The first-order valence-corrected chi connectivity index (χ1v) is 9.36. The van der Waals surface area contributed by atoms with Crippen LogP contribution in [0.1, 0.15) is 45.4 Å². The monoisotopic (exact) mass is 310 g/mol. The van der Waals surface area contributed by atoms with Crippen molar-refractivity contribution in [3.05, 3.63) is 24.3 Å². The van der Waals surface area contributed by atoms with Crippen LogP contribution in [-0.2, 0) is 10.0 Å². The highest BCUT2D eigenvalue weighted by atomic mass is 32.2. The second kappa shape index (κ2) is 7.27. The fourth-order valence-corrected chi connectivity index (χ4v) is 4.11. The first-order valence-electron chi connectivity index (χ1n) is 7.87. The molecule has 0 aliphatic heterocycles. The summed E-state index contributed by atoms with van der Waals surface area (Å²) in [4.78, 5) is 0.335. The van der Waals surface area contributed by atoms with Gasteiger partial charge in [-0.15, -0.1) is 0 Å². The molecule has 2 rings (SSSR count). The van der Waals surface area contributed by atoms with Gasteiger partial charge in [0.05, 0.1) is 5.69 Å². The fraction of sp³-hybridized carbons (Fsp3) is 0.625. The number of hydrogen-bond acceptors (Lipinski definition) is 3. The predicted molar refractivity (Wildman–Crippen MR) is 87.0 cm³/mol. The van der Waals surface area contributed by atoms with E-state index in [2.05, 4.69) is 17.0 Å². The van der Waals surface area contributed by atoms with E-state index in [1.54, 1.807) is 12.1 Å². The second-order valence-electron chi connectivity index (χ2n) is 5.76. The Morgan fingerprint density at radius 2 is 1.86 bits per heavy atom. The van der Waals surface area contributed by atoms with Gasteiger partial charge in [0.1, 0.15) is 4.90 Å². The SMILES string of the molecule is CCC(Nc1ccccc1S(=O)(=O)NC)C1CCCCC1. The molecule has 5 heteroatoms. The number of benzene rings is 1. The molecule has 1 unspecified atom stereocenters. The number of nitrogens with one attached hydrogen (secondary N) is 2. The van der Waals surface area contributed by atoms with Crippen LogP contribution in [0.25, 0.3) is 0 Å². The van der Waals surface area contributed by atoms with Crippen LogP contribution >= 0.6 is 0 Å². The van der Waals surface area contributed by atoms with Gasteiger partial charge >= 0.3 is 0 Å². The third kappa shape index (κ3) is 3.98. The molecule has 1 aliphatic rings. The smallest absolute Gasteiger partial charge is 0.242 e. The standard InChI is InChI=1S/C16H26N2O2S/c1-3-14(13-9-5-4-6-10-13)18-15-11-7-8-12-16(15)21(19,20)17-2/h7-8,11-14,17-18H,3-6,9-10H2,1-2H3. The molecule has 4 nitrogen and oxygen atoms in total. The van der Waals surface area contributed by atoms with Gasteiger partial charge in [-0.2, -0.15) is 0 Å². The van der Waals surface area contributed by atoms with Gasteiger partial charge in [-0.05, 0) is 44.4 Å². The molecule has 1 saturated carbocycles. The molecule has 0 saturated heterocycles. The summed E-state index contributed by atoms with van der Waals surface area (Å²) in [6.07, 6.45) is 7.41. The highest BCUT2D eigenvalue weighted by Crippen LogP contribution is 2.31. The van der Waals surface area contributed by atoms with Crippen molar-refractivity contribution in [2.24, 2.45) is 5.92 Å². The Labute approximate surface area is 128 Å². The zero-order valence-electron chi connectivity index (χ0n) is 12.9. The Bertz CT molecular complexity index is 551. The number of hydrogen-bond donors (Lipinski definition) is 2. The van der Waals surface area contributed by atoms with Crippen molar-refractivity contribution >= 4 is 15.7 Å². The molecule has 2 N–H and O–H groups in total. The summed E-state index contributed by atoms with van der Waals surface area (Å²) in [6, 6.07) is 7.50. The van der Waals surface area contributed by atoms with Crippen molar-refractivity contribution in [1.29, 1.82) is 0 Å². The third-order valence-corrected chi connectivity index (χ3v) is 5.92. The average molecular weight is 310 g/mol. The largest absolute Gasteiger partial charge is 0.381 e. The summed E-state index contributed by atoms with van der Waals surface area (Å²) in [5, 5.41) is 3.49. The quantitative estimate of drug-likeness (QED) is 0.847. The van der Waals surface area contributed by atoms with E-state index in [9.17, 15) is 8.42 Å². The molecule has 1 aliphatic carbocycles. The number of anilines is 1. The molecule has 1 fully saturated rings. The predicted octanol–water partition coefficient (Wildman–Crippen LogP) is 3.37. The van der Waals surface area contributed by atoms with Crippen molar-refractivity contribution < 1.29 is 8.42 Å². The van der Waals surface area contributed by atoms with E-state index < -0.39 is 10.0 Å². The Balaban J connectivity index is 2.21. The van der Waals surface area contributed by atoms with E-state index in [0.29, 0.717) is 22.5 Å².